The second-order valence-corrected chi connectivity index (χ2v) is 10.1. The van der Waals surface area contributed by atoms with E-state index in [1.807, 2.05) is 6.92 Å². The van der Waals surface area contributed by atoms with E-state index in [0.29, 0.717) is 44.2 Å². The molecule has 1 atom stereocenters. The van der Waals surface area contributed by atoms with Crippen molar-refractivity contribution >= 4 is 27.6 Å². The van der Waals surface area contributed by atoms with Crippen LogP contribution in [-0.2, 0) is 27.5 Å². The summed E-state index contributed by atoms with van der Waals surface area (Å²) in [6.45, 7) is 2.41. The molecule has 2 aromatic heterocycles. The molecule has 0 N–H and O–H groups in total. The van der Waals surface area contributed by atoms with Crippen molar-refractivity contribution in [3.05, 3.63) is 74.6 Å². The average Bonchev–Trinajstić information content (AvgIpc) is 3.58. The maximum atomic E-state index is 13.3. The Labute approximate surface area is 229 Å². The molecule has 1 fully saturated rings. The van der Waals surface area contributed by atoms with Crippen LogP contribution in [0.1, 0.15) is 24.1 Å². The van der Waals surface area contributed by atoms with E-state index in [-0.39, 0.29) is 25.0 Å². The van der Waals surface area contributed by atoms with Crippen LogP contribution in [0.4, 0.5) is 13.2 Å². The Balaban J connectivity index is 1.44. The third-order valence-corrected chi connectivity index (χ3v) is 7.42. The smallest absolute Gasteiger partial charge is 0.431 e. The standard InChI is InChI=1S/C27H24F3N3O6S/c1-15-5-7-17(38-14-24(35)39-13-18-4-3-9-37-18)11-19(15)25-20-10-16(6-8-21(20)40-31-25)33-23(34)12-22(27(28,29)30)32(2)26(33)36/h5-8,10-12,18H,3-4,9,13-14H2,1-2H3. The maximum absolute atomic E-state index is 13.3. The van der Waals surface area contributed by atoms with Crippen molar-refractivity contribution in [3.63, 3.8) is 0 Å². The molecular formula is C27H24F3N3O6S. The molecule has 5 rings (SSSR count). The summed E-state index contributed by atoms with van der Waals surface area (Å²) in [4.78, 5) is 37.5. The Bertz CT molecular complexity index is 1700. The van der Waals surface area contributed by atoms with E-state index in [1.165, 1.54) is 17.6 Å². The molecule has 0 saturated carbocycles. The minimum atomic E-state index is -4.85. The summed E-state index contributed by atoms with van der Waals surface area (Å²) < 4.78 is 62.5. The second kappa shape index (κ2) is 10.9. The topological polar surface area (TPSA) is 102 Å². The van der Waals surface area contributed by atoms with Crippen LogP contribution in [-0.4, -0.2) is 45.4 Å². The molecule has 0 aliphatic carbocycles. The van der Waals surface area contributed by atoms with Gasteiger partial charge in [0.25, 0.3) is 5.56 Å². The minimum absolute atomic E-state index is 0.0867. The Kier molecular flexibility index (Phi) is 7.51. The van der Waals surface area contributed by atoms with Crippen molar-refractivity contribution in [1.82, 2.24) is 13.5 Å². The van der Waals surface area contributed by atoms with Gasteiger partial charge < -0.3 is 14.2 Å². The summed E-state index contributed by atoms with van der Waals surface area (Å²) >= 11 is 1.19. The average molecular weight is 576 g/mol. The van der Waals surface area contributed by atoms with Crippen LogP contribution < -0.4 is 16.0 Å². The highest BCUT2D eigenvalue weighted by Gasteiger charge is 2.35. The van der Waals surface area contributed by atoms with Crippen LogP contribution >= 0.6 is 11.5 Å². The first-order valence-electron chi connectivity index (χ1n) is 12.3. The van der Waals surface area contributed by atoms with Gasteiger partial charge in [-0.05, 0) is 67.2 Å². The van der Waals surface area contributed by atoms with E-state index in [4.69, 9.17) is 14.2 Å². The van der Waals surface area contributed by atoms with E-state index >= 15 is 0 Å². The number of carbonyl (C=O) groups is 1. The molecule has 1 aliphatic heterocycles. The Hall–Kier alpha value is -3.97. The number of halogens is 3. The quantitative estimate of drug-likeness (QED) is 0.304. The van der Waals surface area contributed by atoms with Gasteiger partial charge in [-0.15, -0.1) is 0 Å². The number of rotatable bonds is 7. The van der Waals surface area contributed by atoms with Crippen molar-refractivity contribution in [2.75, 3.05) is 19.8 Å². The number of hydrogen-bond acceptors (Lipinski definition) is 8. The Morgan fingerprint density at radius 1 is 1.18 bits per heavy atom. The lowest BCUT2D eigenvalue weighted by Gasteiger charge is -2.14. The van der Waals surface area contributed by atoms with Gasteiger partial charge in [0, 0.05) is 30.7 Å². The third-order valence-electron chi connectivity index (χ3n) is 6.60. The van der Waals surface area contributed by atoms with E-state index in [9.17, 15) is 27.6 Å². The predicted molar refractivity (Wildman–Crippen MR) is 141 cm³/mol. The molecule has 13 heteroatoms. The summed E-state index contributed by atoms with van der Waals surface area (Å²) in [5.41, 5.74) is -1.40. The number of alkyl halides is 3. The number of ether oxygens (including phenoxy) is 3. The number of fused-ring (bicyclic) bond motifs is 1. The van der Waals surface area contributed by atoms with Crippen LogP contribution in [0.3, 0.4) is 0 Å². The fraction of sp³-hybridized carbons (Fsp3) is 0.333. The number of benzene rings is 2. The van der Waals surface area contributed by atoms with Gasteiger partial charge in [-0.1, -0.05) is 6.07 Å². The number of carbonyl (C=O) groups excluding carboxylic acids is 1. The van der Waals surface area contributed by atoms with Gasteiger partial charge in [0.05, 0.1) is 22.2 Å². The zero-order valence-corrected chi connectivity index (χ0v) is 22.3. The summed E-state index contributed by atoms with van der Waals surface area (Å²) in [5, 5.41) is 0.590. The van der Waals surface area contributed by atoms with Gasteiger partial charge in [-0.3, -0.25) is 9.36 Å². The SMILES string of the molecule is Cc1ccc(OCC(=O)OCC2CCCO2)cc1-c1nsc2ccc(-n3c(=O)cc(C(F)(F)F)n(C)c3=O)cc12. The lowest BCUT2D eigenvalue weighted by atomic mass is 10.0. The maximum Gasteiger partial charge on any atom is 0.431 e. The highest BCUT2D eigenvalue weighted by atomic mass is 32.1. The lowest BCUT2D eigenvalue weighted by molar-refractivity contribution is -0.149. The highest BCUT2D eigenvalue weighted by Crippen LogP contribution is 2.35. The van der Waals surface area contributed by atoms with E-state index in [0.717, 1.165) is 30.2 Å². The number of hydrogen-bond donors (Lipinski definition) is 0. The highest BCUT2D eigenvalue weighted by molar-refractivity contribution is 7.13. The van der Waals surface area contributed by atoms with Crippen LogP contribution in [0, 0.1) is 6.92 Å². The summed E-state index contributed by atoms with van der Waals surface area (Å²) in [7, 11) is 0.963. The van der Waals surface area contributed by atoms with Gasteiger partial charge in [0.2, 0.25) is 0 Å². The normalized spacial score (nSPS) is 15.5. The molecule has 0 radical (unpaired) electrons. The van der Waals surface area contributed by atoms with Crippen molar-refractivity contribution < 1.29 is 32.2 Å². The minimum Gasteiger partial charge on any atom is -0.482 e. The molecule has 40 heavy (non-hydrogen) atoms. The van der Waals surface area contributed by atoms with Crippen molar-refractivity contribution in [2.24, 2.45) is 7.05 Å². The Morgan fingerprint density at radius 2 is 1.98 bits per heavy atom. The van der Waals surface area contributed by atoms with Gasteiger partial charge in [0.15, 0.2) is 6.61 Å². The molecule has 4 aromatic rings. The monoisotopic (exact) mass is 575 g/mol. The summed E-state index contributed by atoms with van der Waals surface area (Å²) in [6.07, 6.45) is -3.15. The molecular weight excluding hydrogens is 551 g/mol. The molecule has 210 valence electrons. The molecule has 3 heterocycles. The lowest BCUT2D eigenvalue weighted by Crippen LogP contribution is -2.40. The molecule has 1 unspecified atom stereocenters. The number of aryl methyl sites for hydroxylation is 1. The number of aromatic nitrogens is 3. The molecule has 0 spiro atoms. The predicted octanol–water partition coefficient (Wildman–Crippen LogP) is 4.24. The summed E-state index contributed by atoms with van der Waals surface area (Å²) in [6, 6.07) is 10.3. The first-order chi connectivity index (χ1) is 19.0. The van der Waals surface area contributed by atoms with E-state index in [2.05, 4.69) is 4.37 Å². The number of esters is 1. The van der Waals surface area contributed by atoms with Crippen LogP contribution in [0.25, 0.3) is 27.0 Å². The molecule has 0 bridgehead atoms. The first kappa shape index (κ1) is 27.6. The van der Waals surface area contributed by atoms with Gasteiger partial charge in [-0.2, -0.15) is 17.5 Å². The second-order valence-electron chi connectivity index (χ2n) is 9.34. The third kappa shape index (κ3) is 5.52. The zero-order chi connectivity index (χ0) is 28.6. The fourth-order valence-electron chi connectivity index (χ4n) is 4.49. The van der Waals surface area contributed by atoms with Crippen molar-refractivity contribution in [1.29, 1.82) is 0 Å². The van der Waals surface area contributed by atoms with Crippen LogP contribution in [0.2, 0.25) is 0 Å². The Morgan fingerprint density at radius 3 is 2.70 bits per heavy atom. The van der Waals surface area contributed by atoms with Gasteiger partial charge >= 0.3 is 17.8 Å². The van der Waals surface area contributed by atoms with Crippen LogP contribution in [0.5, 0.6) is 5.75 Å². The first-order valence-corrected chi connectivity index (χ1v) is 13.1. The van der Waals surface area contributed by atoms with Gasteiger partial charge in [0.1, 0.15) is 18.1 Å². The summed E-state index contributed by atoms with van der Waals surface area (Å²) in [5.74, 6) is -0.121. The molecule has 1 aliphatic rings. The van der Waals surface area contributed by atoms with Crippen molar-refractivity contribution in [2.45, 2.75) is 32.0 Å². The van der Waals surface area contributed by atoms with E-state index in [1.54, 1.807) is 30.3 Å². The molecule has 0 amide bonds. The van der Waals surface area contributed by atoms with Crippen molar-refractivity contribution in [3.8, 4) is 22.7 Å². The van der Waals surface area contributed by atoms with Gasteiger partial charge in [-0.25, -0.2) is 14.2 Å². The van der Waals surface area contributed by atoms with Crippen LogP contribution in [0.15, 0.2) is 52.1 Å². The molecule has 1 saturated heterocycles. The molecule has 9 nitrogen and oxygen atoms in total. The fourth-order valence-corrected chi connectivity index (χ4v) is 5.26. The van der Waals surface area contributed by atoms with E-state index < -0.39 is 29.1 Å². The molecule has 2 aromatic carbocycles. The zero-order valence-electron chi connectivity index (χ0n) is 21.5. The number of nitrogens with zero attached hydrogens (tertiary/aromatic N) is 3. The largest absolute Gasteiger partial charge is 0.482 e.